The molecular formula is C16H11BrF3NO3. The maximum absolute atomic E-state index is 13.1. The highest BCUT2D eigenvalue weighted by Gasteiger charge is 2.21. The highest BCUT2D eigenvalue weighted by Crippen LogP contribution is 2.20. The number of carbonyl (C=O) groups is 2. The third kappa shape index (κ3) is 4.35. The van der Waals surface area contributed by atoms with Crippen LogP contribution in [-0.2, 0) is 9.53 Å². The van der Waals surface area contributed by atoms with Crippen LogP contribution < -0.4 is 5.32 Å². The summed E-state index contributed by atoms with van der Waals surface area (Å²) in [6, 6.07) is 6.20. The second-order valence-electron chi connectivity index (χ2n) is 4.79. The van der Waals surface area contributed by atoms with Crippen molar-refractivity contribution in [2.75, 3.05) is 5.32 Å². The molecule has 1 atom stereocenters. The first-order valence-electron chi connectivity index (χ1n) is 6.70. The molecule has 1 amide bonds. The number of rotatable bonds is 4. The van der Waals surface area contributed by atoms with Crippen molar-refractivity contribution in [2.45, 2.75) is 13.0 Å². The summed E-state index contributed by atoms with van der Waals surface area (Å²) in [4.78, 5) is 23.9. The molecule has 0 fully saturated rings. The van der Waals surface area contributed by atoms with Gasteiger partial charge in [0.15, 0.2) is 17.7 Å². The van der Waals surface area contributed by atoms with Crippen molar-refractivity contribution in [1.29, 1.82) is 0 Å². The van der Waals surface area contributed by atoms with E-state index in [0.29, 0.717) is 0 Å². The predicted molar refractivity (Wildman–Crippen MR) is 84.0 cm³/mol. The van der Waals surface area contributed by atoms with Gasteiger partial charge in [-0.15, -0.1) is 0 Å². The lowest BCUT2D eigenvalue weighted by molar-refractivity contribution is -0.123. The molecule has 4 nitrogen and oxygen atoms in total. The highest BCUT2D eigenvalue weighted by molar-refractivity contribution is 9.10. The Kier molecular flexibility index (Phi) is 5.61. The smallest absolute Gasteiger partial charge is 0.340 e. The first-order valence-corrected chi connectivity index (χ1v) is 7.49. The van der Waals surface area contributed by atoms with Gasteiger partial charge in [0.05, 0.1) is 5.56 Å². The van der Waals surface area contributed by atoms with Crippen LogP contribution in [0.3, 0.4) is 0 Å². The lowest BCUT2D eigenvalue weighted by Gasteiger charge is -2.14. The Labute approximate surface area is 143 Å². The number of nitrogens with one attached hydrogen (secondary N) is 1. The third-order valence-electron chi connectivity index (χ3n) is 2.99. The van der Waals surface area contributed by atoms with Crippen molar-refractivity contribution in [3.8, 4) is 0 Å². The molecule has 0 spiro atoms. The molecule has 2 aromatic rings. The second-order valence-corrected chi connectivity index (χ2v) is 5.64. The molecule has 0 aliphatic carbocycles. The van der Waals surface area contributed by atoms with Crippen LogP contribution in [0.4, 0.5) is 18.9 Å². The summed E-state index contributed by atoms with van der Waals surface area (Å²) < 4.78 is 44.1. The highest BCUT2D eigenvalue weighted by atomic mass is 79.9. The van der Waals surface area contributed by atoms with E-state index in [4.69, 9.17) is 4.74 Å². The van der Waals surface area contributed by atoms with Gasteiger partial charge >= 0.3 is 5.97 Å². The number of benzene rings is 2. The molecule has 0 aliphatic rings. The molecule has 0 saturated heterocycles. The summed E-state index contributed by atoms with van der Waals surface area (Å²) in [6.45, 7) is 1.31. The molecule has 2 aromatic carbocycles. The summed E-state index contributed by atoms with van der Waals surface area (Å²) in [5.41, 5.74) is 0.0636. The van der Waals surface area contributed by atoms with E-state index in [9.17, 15) is 22.8 Å². The molecule has 0 bridgehead atoms. The number of carbonyl (C=O) groups excluding carboxylic acids is 2. The van der Waals surface area contributed by atoms with Crippen LogP contribution in [-0.4, -0.2) is 18.0 Å². The Bertz CT molecular complexity index is 798. The van der Waals surface area contributed by atoms with Crippen molar-refractivity contribution in [3.05, 3.63) is 63.9 Å². The molecule has 0 aromatic heterocycles. The van der Waals surface area contributed by atoms with Crippen molar-refractivity contribution in [2.24, 2.45) is 0 Å². The molecule has 24 heavy (non-hydrogen) atoms. The number of hydrogen-bond acceptors (Lipinski definition) is 3. The number of halogens is 4. The van der Waals surface area contributed by atoms with Gasteiger partial charge in [-0.3, -0.25) is 4.79 Å². The van der Waals surface area contributed by atoms with Crippen molar-refractivity contribution < 1.29 is 27.5 Å². The summed E-state index contributed by atoms with van der Waals surface area (Å²) in [6.07, 6.45) is -1.21. The first-order chi connectivity index (χ1) is 11.3. The van der Waals surface area contributed by atoms with Gasteiger partial charge in [-0.2, -0.15) is 0 Å². The number of anilines is 1. The van der Waals surface area contributed by atoms with E-state index in [1.54, 1.807) is 0 Å². The molecule has 126 valence electrons. The lowest BCUT2D eigenvalue weighted by atomic mass is 10.2. The standard InChI is InChI=1S/C16H11BrF3NO3/c1-8(15(22)21-10-3-5-13(19)14(20)7-10)24-16(23)11-4-2-9(18)6-12(11)17/h2-8H,1H3,(H,21,22)/t8-/m0/s1. The average Bonchev–Trinajstić information content (AvgIpc) is 2.50. The molecule has 0 radical (unpaired) electrons. The quantitative estimate of drug-likeness (QED) is 0.786. The Morgan fingerprint density at radius 2 is 1.79 bits per heavy atom. The van der Waals surface area contributed by atoms with E-state index >= 15 is 0 Å². The molecule has 1 N–H and O–H groups in total. The number of amides is 1. The van der Waals surface area contributed by atoms with Crippen molar-refractivity contribution in [1.82, 2.24) is 0 Å². The average molecular weight is 402 g/mol. The fourth-order valence-corrected chi connectivity index (χ4v) is 2.26. The summed E-state index contributed by atoms with van der Waals surface area (Å²) in [7, 11) is 0. The minimum atomic E-state index is -1.21. The van der Waals surface area contributed by atoms with E-state index in [1.807, 2.05) is 0 Å². The van der Waals surface area contributed by atoms with E-state index in [2.05, 4.69) is 21.2 Å². The van der Waals surface area contributed by atoms with Gasteiger partial charge < -0.3 is 10.1 Å². The van der Waals surface area contributed by atoms with Gasteiger partial charge in [0.25, 0.3) is 5.91 Å². The molecule has 8 heteroatoms. The normalized spacial score (nSPS) is 11.7. The SMILES string of the molecule is C[C@H](OC(=O)c1ccc(F)cc1Br)C(=O)Nc1ccc(F)c(F)c1. The van der Waals surface area contributed by atoms with Crippen LogP contribution in [0.1, 0.15) is 17.3 Å². The predicted octanol–water partition coefficient (Wildman–Crippen LogP) is 4.05. The van der Waals surface area contributed by atoms with E-state index < -0.39 is 35.4 Å². The van der Waals surface area contributed by atoms with E-state index in [-0.39, 0.29) is 15.7 Å². The first kappa shape index (κ1) is 18.0. The maximum Gasteiger partial charge on any atom is 0.340 e. The van der Waals surface area contributed by atoms with Gasteiger partial charge in [0.1, 0.15) is 5.82 Å². The van der Waals surface area contributed by atoms with Crippen LogP contribution in [0.5, 0.6) is 0 Å². The van der Waals surface area contributed by atoms with Crippen LogP contribution in [0, 0.1) is 17.5 Å². The van der Waals surface area contributed by atoms with Crippen molar-refractivity contribution >= 4 is 33.5 Å². The Morgan fingerprint density at radius 3 is 2.42 bits per heavy atom. The van der Waals surface area contributed by atoms with Crippen molar-refractivity contribution in [3.63, 3.8) is 0 Å². The zero-order chi connectivity index (χ0) is 17.9. The third-order valence-corrected chi connectivity index (χ3v) is 3.65. The minimum absolute atomic E-state index is 0.0183. The lowest BCUT2D eigenvalue weighted by Crippen LogP contribution is -2.30. The second kappa shape index (κ2) is 7.48. The summed E-state index contributed by atoms with van der Waals surface area (Å²) >= 11 is 3.02. The molecular weight excluding hydrogens is 391 g/mol. The number of esters is 1. The molecule has 0 heterocycles. The Morgan fingerprint density at radius 1 is 1.08 bits per heavy atom. The van der Waals surface area contributed by atoms with Crippen LogP contribution in [0.25, 0.3) is 0 Å². The van der Waals surface area contributed by atoms with Gasteiger partial charge in [-0.1, -0.05) is 0 Å². The fraction of sp³-hybridized carbons (Fsp3) is 0.125. The van der Waals surface area contributed by atoms with Gasteiger partial charge in [0.2, 0.25) is 0 Å². The Hall–Kier alpha value is -2.35. The summed E-state index contributed by atoms with van der Waals surface area (Å²) in [5, 5.41) is 2.30. The number of ether oxygens (including phenoxy) is 1. The zero-order valence-electron chi connectivity index (χ0n) is 12.3. The van der Waals surface area contributed by atoms with Crippen LogP contribution in [0.15, 0.2) is 40.9 Å². The number of hydrogen-bond donors (Lipinski definition) is 1. The van der Waals surface area contributed by atoms with Gasteiger partial charge in [0, 0.05) is 16.2 Å². The topological polar surface area (TPSA) is 55.4 Å². The monoisotopic (exact) mass is 401 g/mol. The largest absolute Gasteiger partial charge is 0.449 e. The Balaban J connectivity index is 2.02. The zero-order valence-corrected chi connectivity index (χ0v) is 13.9. The molecule has 0 aliphatic heterocycles. The maximum atomic E-state index is 13.1. The van der Waals surface area contributed by atoms with Crippen LogP contribution in [0.2, 0.25) is 0 Å². The van der Waals surface area contributed by atoms with Gasteiger partial charge in [-0.25, -0.2) is 18.0 Å². The van der Waals surface area contributed by atoms with Crippen LogP contribution >= 0.6 is 15.9 Å². The van der Waals surface area contributed by atoms with E-state index in [0.717, 1.165) is 24.3 Å². The fourth-order valence-electron chi connectivity index (χ4n) is 1.75. The summed E-state index contributed by atoms with van der Waals surface area (Å²) in [5.74, 6) is -4.27. The molecule has 0 saturated carbocycles. The molecule has 2 rings (SSSR count). The molecule has 0 unspecified atom stereocenters. The minimum Gasteiger partial charge on any atom is -0.449 e. The van der Waals surface area contributed by atoms with E-state index in [1.165, 1.54) is 19.1 Å². The van der Waals surface area contributed by atoms with Gasteiger partial charge in [-0.05, 0) is 53.2 Å².